The lowest BCUT2D eigenvalue weighted by Gasteiger charge is -2.31. The maximum atomic E-state index is 13.1. The van der Waals surface area contributed by atoms with Gasteiger partial charge in [0.15, 0.2) is 0 Å². The number of hydrogen-bond acceptors (Lipinski definition) is 0. The number of hydrogen-bond donors (Lipinski definition) is 0. The number of rotatable bonds is 2. The van der Waals surface area contributed by atoms with Crippen molar-refractivity contribution >= 4 is 0 Å². The fraction of sp³-hybridized carbons (Fsp3) is 0.600. The molecule has 1 saturated carbocycles. The molecule has 1 aliphatic rings. The van der Waals surface area contributed by atoms with E-state index >= 15 is 0 Å². The first-order chi connectivity index (χ1) is 8.02. The highest BCUT2D eigenvalue weighted by molar-refractivity contribution is 5.18. The molecule has 17 heavy (non-hydrogen) atoms. The van der Waals surface area contributed by atoms with Gasteiger partial charge in [-0.3, -0.25) is 0 Å². The zero-order chi connectivity index (χ0) is 12.4. The summed E-state index contributed by atoms with van der Waals surface area (Å²) in [6, 6.07) is 3.87. The summed E-state index contributed by atoms with van der Waals surface area (Å²) in [5.41, 5.74) is 0.800. The van der Waals surface area contributed by atoms with Crippen LogP contribution in [0.1, 0.15) is 38.7 Å². The molecule has 94 valence electrons. The van der Waals surface area contributed by atoms with Gasteiger partial charge in [0, 0.05) is 6.07 Å². The zero-order valence-corrected chi connectivity index (χ0v) is 10.5. The summed E-state index contributed by atoms with van der Waals surface area (Å²) >= 11 is 0. The van der Waals surface area contributed by atoms with Crippen molar-refractivity contribution < 1.29 is 8.78 Å². The summed E-state index contributed by atoms with van der Waals surface area (Å²) in [5, 5.41) is 0. The minimum absolute atomic E-state index is 0.461. The van der Waals surface area contributed by atoms with E-state index in [1.807, 2.05) is 0 Å². The van der Waals surface area contributed by atoms with E-state index in [9.17, 15) is 8.78 Å². The van der Waals surface area contributed by atoms with Gasteiger partial charge in [0.25, 0.3) is 0 Å². The lowest BCUT2D eigenvalue weighted by atomic mass is 9.74. The van der Waals surface area contributed by atoms with Crippen LogP contribution in [0.2, 0.25) is 0 Å². The Morgan fingerprint density at radius 1 is 0.941 bits per heavy atom. The topological polar surface area (TPSA) is 0 Å². The van der Waals surface area contributed by atoms with Crippen molar-refractivity contribution in [2.24, 2.45) is 17.8 Å². The first-order valence-electron chi connectivity index (χ1n) is 6.48. The minimum atomic E-state index is -0.461. The molecule has 0 amide bonds. The molecule has 0 spiro atoms. The molecule has 0 N–H and O–H groups in total. The van der Waals surface area contributed by atoms with E-state index in [0.29, 0.717) is 5.92 Å². The second-order valence-electron chi connectivity index (χ2n) is 5.77. The zero-order valence-electron chi connectivity index (χ0n) is 10.5. The van der Waals surface area contributed by atoms with Crippen molar-refractivity contribution in [3.05, 3.63) is 35.4 Å². The molecule has 0 heterocycles. The SMILES string of the molecule is CC1CC(C)CC(Cc2cc(F)cc(F)c2)C1. The van der Waals surface area contributed by atoms with E-state index in [2.05, 4.69) is 13.8 Å². The minimum Gasteiger partial charge on any atom is -0.207 e. The molecule has 0 nitrogen and oxygen atoms in total. The Labute approximate surface area is 102 Å². The van der Waals surface area contributed by atoms with Crippen LogP contribution < -0.4 is 0 Å². The Kier molecular flexibility index (Phi) is 3.80. The Morgan fingerprint density at radius 2 is 1.47 bits per heavy atom. The molecule has 2 rings (SSSR count). The fourth-order valence-electron chi connectivity index (χ4n) is 3.34. The van der Waals surface area contributed by atoms with Crippen molar-refractivity contribution in [2.45, 2.75) is 39.5 Å². The number of benzene rings is 1. The Morgan fingerprint density at radius 3 is 2.00 bits per heavy atom. The van der Waals surface area contributed by atoms with E-state index in [1.54, 1.807) is 0 Å². The third kappa shape index (κ3) is 3.52. The molecule has 0 aromatic heterocycles. The average Bonchev–Trinajstić information content (AvgIpc) is 2.13. The molecule has 1 aromatic carbocycles. The van der Waals surface area contributed by atoms with Gasteiger partial charge >= 0.3 is 0 Å². The fourth-order valence-corrected chi connectivity index (χ4v) is 3.34. The average molecular weight is 238 g/mol. The summed E-state index contributed by atoms with van der Waals surface area (Å²) < 4.78 is 26.2. The molecular formula is C15H20F2. The monoisotopic (exact) mass is 238 g/mol. The highest BCUT2D eigenvalue weighted by Gasteiger charge is 2.24. The van der Waals surface area contributed by atoms with Gasteiger partial charge in [-0.05, 0) is 61.1 Å². The first kappa shape index (κ1) is 12.5. The van der Waals surface area contributed by atoms with Crippen molar-refractivity contribution in [2.75, 3.05) is 0 Å². The molecule has 1 aromatic rings. The molecule has 0 radical (unpaired) electrons. The molecule has 2 unspecified atom stereocenters. The summed E-state index contributed by atoms with van der Waals surface area (Å²) in [7, 11) is 0. The van der Waals surface area contributed by atoms with Gasteiger partial charge in [-0.1, -0.05) is 13.8 Å². The molecule has 0 bridgehead atoms. The van der Waals surface area contributed by atoms with Gasteiger partial charge < -0.3 is 0 Å². The van der Waals surface area contributed by atoms with Gasteiger partial charge in [0.05, 0.1) is 0 Å². The van der Waals surface area contributed by atoms with Crippen molar-refractivity contribution in [3.63, 3.8) is 0 Å². The Bertz CT molecular complexity index is 356. The lowest BCUT2D eigenvalue weighted by molar-refractivity contribution is 0.218. The van der Waals surface area contributed by atoms with E-state index in [1.165, 1.54) is 31.4 Å². The van der Waals surface area contributed by atoms with Crippen molar-refractivity contribution in [3.8, 4) is 0 Å². The second-order valence-corrected chi connectivity index (χ2v) is 5.77. The molecule has 0 saturated heterocycles. The van der Waals surface area contributed by atoms with Gasteiger partial charge in [0.2, 0.25) is 0 Å². The van der Waals surface area contributed by atoms with Gasteiger partial charge in [-0.25, -0.2) is 8.78 Å². The third-order valence-electron chi connectivity index (χ3n) is 3.72. The van der Waals surface area contributed by atoms with Gasteiger partial charge in [0.1, 0.15) is 11.6 Å². The van der Waals surface area contributed by atoms with Crippen LogP contribution in [0, 0.1) is 29.4 Å². The molecule has 1 fully saturated rings. The highest BCUT2D eigenvalue weighted by atomic mass is 19.1. The summed E-state index contributed by atoms with van der Waals surface area (Å²) in [4.78, 5) is 0. The first-order valence-corrected chi connectivity index (χ1v) is 6.48. The highest BCUT2D eigenvalue weighted by Crippen LogP contribution is 2.34. The number of halogens is 2. The molecule has 0 aliphatic heterocycles. The second kappa shape index (κ2) is 5.16. The Hall–Kier alpha value is -0.920. The maximum absolute atomic E-state index is 13.1. The van der Waals surface area contributed by atoms with E-state index in [0.717, 1.165) is 29.9 Å². The normalized spacial score (nSPS) is 29.3. The maximum Gasteiger partial charge on any atom is 0.126 e. The van der Waals surface area contributed by atoms with Crippen molar-refractivity contribution in [1.82, 2.24) is 0 Å². The van der Waals surface area contributed by atoms with E-state index in [-0.39, 0.29) is 0 Å². The predicted octanol–water partition coefficient (Wildman–Crippen LogP) is 4.58. The van der Waals surface area contributed by atoms with Crippen LogP contribution in [0.3, 0.4) is 0 Å². The predicted molar refractivity (Wildman–Crippen MR) is 65.7 cm³/mol. The van der Waals surface area contributed by atoms with Crippen LogP contribution in [0.5, 0.6) is 0 Å². The van der Waals surface area contributed by atoms with Crippen LogP contribution in [0.15, 0.2) is 18.2 Å². The van der Waals surface area contributed by atoms with Crippen LogP contribution in [-0.2, 0) is 6.42 Å². The van der Waals surface area contributed by atoms with Gasteiger partial charge in [-0.15, -0.1) is 0 Å². The van der Waals surface area contributed by atoms with Crippen LogP contribution >= 0.6 is 0 Å². The van der Waals surface area contributed by atoms with E-state index in [4.69, 9.17) is 0 Å². The smallest absolute Gasteiger partial charge is 0.126 e. The van der Waals surface area contributed by atoms with E-state index < -0.39 is 11.6 Å². The quantitative estimate of drug-likeness (QED) is 0.707. The van der Waals surface area contributed by atoms with Crippen LogP contribution in [0.25, 0.3) is 0 Å². The van der Waals surface area contributed by atoms with Crippen LogP contribution in [0.4, 0.5) is 8.78 Å². The van der Waals surface area contributed by atoms with Crippen LogP contribution in [-0.4, -0.2) is 0 Å². The van der Waals surface area contributed by atoms with Crippen molar-refractivity contribution in [1.29, 1.82) is 0 Å². The largest absolute Gasteiger partial charge is 0.207 e. The molecule has 2 atom stereocenters. The summed E-state index contributed by atoms with van der Waals surface area (Å²) in [5.74, 6) is 1.13. The summed E-state index contributed by atoms with van der Waals surface area (Å²) in [6.07, 6.45) is 4.46. The third-order valence-corrected chi connectivity index (χ3v) is 3.72. The summed E-state index contributed by atoms with van der Waals surface area (Å²) in [6.45, 7) is 4.55. The van der Waals surface area contributed by atoms with Gasteiger partial charge in [-0.2, -0.15) is 0 Å². The molecular weight excluding hydrogens is 218 g/mol. The molecule has 2 heteroatoms. The standard InChI is InChI=1S/C15H20F2/c1-10-3-11(2)5-12(4-10)6-13-7-14(16)9-15(17)8-13/h7-12H,3-6H2,1-2H3. The molecule has 1 aliphatic carbocycles. The lowest BCUT2D eigenvalue weighted by Crippen LogP contribution is -2.21. The Balaban J connectivity index is 2.04.